The van der Waals surface area contributed by atoms with Gasteiger partial charge in [0, 0.05) is 37.3 Å². The quantitative estimate of drug-likeness (QED) is 0.103. The van der Waals surface area contributed by atoms with Crippen LogP contribution in [-0.2, 0) is 32.0 Å². The molecule has 2 saturated heterocycles. The standard InChI is InChI=1S/C25H27N3O5.C24H18ClN3O5/c1-14-4-3-5-15(2)21(14)22(29)27-20(25(32)33)12-16-6-8-17(9-7-16)28-23(30)18-10-11-26-13-19(18)24(28)31;1-13-3-2-4-18(25)20(13)21(29)27-19(24(32)33)11-14-5-7-15(8-6-14)28-22(30)16-9-10-26-12-17(16)23(28)31/h3-9,18-20,26H,10-13H2,1-2H3,(H,27,29)(H,32,33);2-10,12,19H,11H2,1H3,(H,27,29)(H,32,33)/t18?,19?,20-;19-/m00/s1. The van der Waals surface area contributed by atoms with Gasteiger partial charge in [-0.1, -0.05) is 66.2 Å². The number of piperidine rings is 1. The predicted octanol–water partition coefficient (Wildman–Crippen LogP) is 5.10. The van der Waals surface area contributed by atoms with E-state index in [1.54, 1.807) is 73.7 Å². The van der Waals surface area contributed by atoms with Crippen molar-refractivity contribution >= 4 is 70.4 Å². The lowest BCUT2D eigenvalue weighted by molar-refractivity contribution is -0.140. The summed E-state index contributed by atoms with van der Waals surface area (Å²) in [5.74, 6) is -5.27. The van der Waals surface area contributed by atoms with Crippen LogP contribution >= 0.6 is 11.6 Å². The summed E-state index contributed by atoms with van der Waals surface area (Å²) in [6, 6.07) is 22.6. The van der Waals surface area contributed by atoms with E-state index in [1.165, 1.54) is 23.4 Å². The number of fused-ring (bicyclic) bond motifs is 2. The van der Waals surface area contributed by atoms with Crippen LogP contribution in [0.1, 0.15) is 75.7 Å². The van der Waals surface area contributed by atoms with Crippen molar-refractivity contribution in [3.05, 3.63) is 158 Å². The maximum absolute atomic E-state index is 12.8. The number of carboxylic acids is 2. The maximum Gasteiger partial charge on any atom is 0.326 e. The highest BCUT2D eigenvalue weighted by Gasteiger charge is 2.49. The summed E-state index contributed by atoms with van der Waals surface area (Å²) in [6.07, 6.45) is 3.51. The molecular formula is C49H45ClN6O10. The molecule has 5 aromatic rings. The molecule has 66 heavy (non-hydrogen) atoms. The Morgan fingerprint density at radius 1 is 0.667 bits per heavy atom. The van der Waals surface area contributed by atoms with E-state index in [9.17, 15) is 48.6 Å². The zero-order chi connectivity index (χ0) is 47.4. The van der Waals surface area contributed by atoms with E-state index in [1.807, 2.05) is 32.0 Å². The Labute approximate surface area is 384 Å². The number of amides is 6. The molecule has 338 valence electrons. The van der Waals surface area contributed by atoms with Gasteiger partial charge in [0.1, 0.15) is 12.1 Å². The first-order valence-corrected chi connectivity index (χ1v) is 21.4. The summed E-state index contributed by atoms with van der Waals surface area (Å²) in [7, 11) is 0. The number of nitrogens with zero attached hydrogens (tertiary/aromatic N) is 3. The predicted molar refractivity (Wildman–Crippen MR) is 243 cm³/mol. The third kappa shape index (κ3) is 9.60. The van der Waals surface area contributed by atoms with E-state index in [4.69, 9.17) is 11.6 Å². The van der Waals surface area contributed by atoms with E-state index in [0.29, 0.717) is 46.6 Å². The van der Waals surface area contributed by atoms with Crippen LogP contribution in [-0.4, -0.2) is 87.8 Å². The highest BCUT2D eigenvalue weighted by molar-refractivity contribution is 6.35. The summed E-state index contributed by atoms with van der Waals surface area (Å²) in [6.45, 7) is 6.55. The minimum atomic E-state index is -1.20. The monoisotopic (exact) mass is 912 g/mol. The van der Waals surface area contributed by atoms with Crippen molar-refractivity contribution in [2.24, 2.45) is 11.8 Å². The Bertz CT molecular complexity index is 2680. The molecule has 6 amide bonds. The van der Waals surface area contributed by atoms with Crippen molar-refractivity contribution in [2.75, 3.05) is 22.9 Å². The van der Waals surface area contributed by atoms with Gasteiger partial charge < -0.3 is 26.2 Å². The third-order valence-electron chi connectivity index (χ3n) is 11.9. The summed E-state index contributed by atoms with van der Waals surface area (Å²) >= 11 is 6.11. The minimum Gasteiger partial charge on any atom is -0.480 e. The van der Waals surface area contributed by atoms with Crippen molar-refractivity contribution in [3.63, 3.8) is 0 Å². The first kappa shape index (κ1) is 46.4. The second-order valence-electron chi connectivity index (χ2n) is 16.3. The molecule has 0 spiro atoms. The fraction of sp³-hybridized carbons (Fsp3) is 0.245. The van der Waals surface area contributed by atoms with Crippen molar-refractivity contribution in [1.82, 2.24) is 20.9 Å². The van der Waals surface area contributed by atoms with E-state index in [2.05, 4.69) is 20.9 Å². The van der Waals surface area contributed by atoms with Gasteiger partial charge in [0.2, 0.25) is 11.8 Å². The summed E-state index contributed by atoms with van der Waals surface area (Å²) in [4.78, 5) is 106. The number of pyridine rings is 1. The molecule has 3 aliphatic rings. The number of carbonyl (C=O) groups excluding carboxylic acids is 6. The van der Waals surface area contributed by atoms with Gasteiger partial charge in [0.25, 0.3) is 23.6 Å². The molecule has 3 aliphatic heterocycles. The summed E-state index contributed by atoms with van der Waals surface area (Å²) in [5.41, 5.74) is 5.49. The summed E-state index contributed by atoms with van der Waals surface area (Å²) < 4.78 is 0. The average molecular weight is 913 g/mol. The van der Waals surface area contributed by atoms with E-state index < -0.39 is 47.7 Å². The van der Waals surface area contributed by atoms with Gasteiger partial charge in [-0.05, 0) is 98.0 Å². The molecule has 2 unspecified atom stereocenters. The number of aromatic nitrogens is 1. The maximum atomic E-state index is 12.8. The second kappa shape index (κ2) is 19.7. The van der Waals surface area contributed by atoms with Crippen LogP contribution in [0.3, 0.4) is 0 Å². The Kier molecular flexibility index (Phi) is 13.8. The van der Waals surface area contributed by atoms with Crippen molar-refractivity contribution in [3.8, 4) is 0 Å². The lowest BCUT2D eigenvalue weighted by Gasteiger charge is -2.21. The first-order valence-electron chi connectivity index (χ1n) is 21.0. The first-order chi connectivity index (χ1) is 31.5. The number of aliphatic carboxylic acids is 2. The largest absolute Gasteiger partial charge is 0.480 e. The smallest absolute Gasteiger partial charge is 0.326 e. The van der Waals surface area contributed by atoms with Crippen molar-refractivity contribution in [2.45, 2.75) is 52.1 Å². The molecule has 4 aromatic carbocycles. The molecule has 0 aliphatic carbocycles. The van der Waals surface area contributed by atoms with Gasteiger partial charge in [0.15, 0.2) is 0 Å². The molecular weight excluding hydrogens is 868 g/mol. The van der Waals surface area contributed by atoms with Gasteiger partial charge in [-0.15, -0.1) is 0 Å². The molecule has 2 fully saturated rings. The molecule has 4 atom stereocenters. The average Bonchev–Trinajstić information content (AvgIpc) is 3.70. The van der Waals surface area contributed by atoms with Crippen molar-refractivity contribution in [1.29, 1.82) is 0 Å². The van der Waals surface area contributed by atoms with E-state index in [0.717, 1.165) is 22.6 Å². The number of aryl methyl sites for hydroxylation is 3. The Morgan fingerprint density at radius 2 is 1.15 bits per heavy atom. The fourth-order valence-corrected chi connectivity index (χ4v) is 8.72. The number of rotatable bonds is 12. The normalized spacial score (nSPS) is 17.3. The number of benzene rings is 4. The van der Waals surface area contributed by atoms with Gasteiger partial charge in [-0.3, -0.25) is 38.7 Å². The molecule has 0 saturated carbocycles. The van der Waals surface area contributed by atoms with Crippen LogP contribution < -0.4 is 25.8 Å². The van der Waals surface area contributed by atoms with Gasteiger partial charge >= 0.3 is 11.9 Å². The second-order valence-corrected chi connectivity index (χ2v) is 16.7. The number of halogens is 1. The van der Waals surface area contributed by atoms with Gasteiger partial charge in [0.05, 0.1) is 44.9 Å². The molecule has 5 N–H and O–H groups in total. The fourth-order valence-electron chi connectivity index (χ4n) is 8.41. The number of hydrogen-bond acceptors (Lipinski definition) is 10. The summed E-state index contributed by atoms with van der Waals surface area (Å²) in [5, 5.41) is 27.8. The SMILES string of the molecule is Cc1cccc(C)c1C(=O)N[C@@H](Cc1ccc(N2C(=O)C3CCNCC3C2=O)cc1)C(=O)O.Cc1cccc(Cl)c1C(=O)N[C@@H](Cc1ccc(N2C(=O)c3ccncc3C2=O)cc1)C(=O)O. The Balaban J connectivity index is 0.000000196. The third-order valence-corrected chi connectivity index (χ3v) is 12.2. The van der Waals surface area contributed by atoms with Gasteiger partial charge in [-0.25, -0.2) is 14.5 Å². The van der Waals surface area contributed by atoms with Crippen LogP contribution in [0.25, 0.3) is 0 Å². The highest BCUT2D eigenvalue weighted by atomic mass is 35.5. The van der Waals surface area contributed by atoms with Crippen LogP contribution in [0.4, 0.5) is 11.4 Å². The molecule has 16 nitrogen and oxygen atoms in total. The lowest BCUT2D eigenvalue weighted by atomic mass is 9.89. The molecule has 4 heterocycles. The Morgan fingerprint density at radius 3 is 1.67 bits per heavy atom. The molecule has 17 heteroatoms. The van der Waals surface area contributed by atoms with E-state index >= 15 is 0 Å². The van der Waals surface area contributed by atoms with E-state index in [-0.39, 0.29) is 58.2 Å². The highest BCUT2D eigenvalue weighted by Crippen LogP contribution is 2.34. The van der Waals surface area contributed by atoms with Crippen LogP contribution in [0.2, 0.25) is 5.02 Å². The van der Waals surface area contributed by atoms with Crippen molar-refractivity contribution < 1.29 is 48.6 Å². The minimum absolute atomic E-state index is 0.00308. The zero-order valence-corrected chi connectivity index (χ0v) is 36.8. The topological polar surface area (TPSA) is 232 Å². The number of nitrogens with one attached hydrogen (secondary N) is 3. The molecule has 8 rings (SSSR count). The number of imide groups is 2. The molecule has 0 bridgehead atoms. The number of hydrogen-bond donors (Lipinski definition) is 5. The zero-order valence-electron chi connectivity index (χ0n) is 36.0. The number of carbonyl (C=O) groups is 8. The van der Waals surface area contributed by atoms with Gasteiger partial charge in [-0.2, -0.15) is 0 Å². The molecule has 0 radical (unpaired) electrons. The number of anilines is 2. The lowest BCUT2D eigenvalue weighted by Crippen LogP contribution is -2.42. The Hall–Kier alpha value is -7.56. The van der Waals surface area contributed by atoms with Crippen LogP contribution in [0.5, 0.6) is 0 Å². The van der Waals surface area contributed by atoms with Crippen LogP contribution in [0, 0.1) is 32.6 Å². The molecule has 1 aromatic heterocycles. The van der Waals surface area contributed by atoms with Crippen LogP contribution in [0.15, 0.2) is 103 Å². The number of carboxylic acid groups (broad SMARTS) is 2.